The van der Waals surface area contributed by atoms with Crippen molar-refractivity contribution < 1.29 is 19.8 Å². The second-order valence-corrected chi connectivity index (χ2v) is 4.74. The Kier molecular flexibility index (Phi) is 5.99. The fourth-order valence-electron chi connectivity index (χ4n) is 1.82. The summed E-state index contributed by atoms with van der Waals surface area (Å²) < 4.78 is 0. The number of hydrogen-bond acceptors (Lipinski definition) is 3. The van der Waals surface area contributed by atoms with Crippen LogP contribution in [0.15, 0.2) is 24.3 Å². The molecule has 0 aliphatic heterocycles. The van der Waals surface area contributed by atoms with Crippen LogP contribution in [0.1, 0.15) is 31.7 Å². The third kappa shape index (κ3) is 4.55. The summed E-state index contributed by atoms with van der Waals surface area (Å²) in [5.74, 6) is -0.939. The largest absolute Gasteiger partial charge is 0.480 e. The van der Waals surface area contributed by atoms with Crippen LogP contribution in [0.3, 0.4) is 0 Å². The molecule has 0 bridgehead atoms. The number of anilines is 1. The molecule has 1 atom stereocenters. The van der Waals surface area contributed by atoms with E-state index in [-0.39, 0.29) is 18.9 Å². The van der Waals surface area contributed by atoms with Crippen molar-refractivity contribution in [3.63, 3.8) is 0 Å². The lowest BCUT2D eigenvalue weighted by Crippen LogP contribution is -2.43. The van der Waals surface area contributed by atoms with E-state index in [1.54, 1.807) is 12.1 Å². The first-order valence-electron chi connectivity index (χ1n) is 6.45. The van der Waals surface area contributed by atoms with Crippen LogP contribution in [-0.4, -0.2) is 34.9 Å². The molecule has 0 spiro atoms. The third-order valence-corrected chi connectivity index (χ3v) is 2.85. The molecule has 0 fully saturated rings. The van der Waals surface area contributed by atoms with Gasteiger partial charge in [0.15, 0.2) is 0 Å². The highest BCUT2D eigenvalue weighted by Crippen LogP contribution is 2.23. The summed E-state index contributed by atoms with van der Waals surface area (Å²) in [5, 5.41) is 22.6. The molecule has 0 unspecified atom stereocenters. The number of aliphatic hydroxyl groups excluding tert-OH is 1. The van der Waals surface area contributed by atoms with Gasteiger partial charge in [-0.2, -0.15) is 0 Å². The Hall–Kier alpha value is -2.08. The molecule has 0 saturated carbocycles. The van der Waals surface area contributed by atoms with Crippen LogP contribution < -0.4 is 10.6 Å². The van der Waals surface area contributed by atoms with Gasteiger partial charge in [-0.15, -0.1) is 0 Å². The van der Waals surface area contributed by atoms with Gasteiger partial charge in [0, 0.05) is 18.7 Å². The Morgan fingerprint density at radius 1 is 1.25 bits per heavy atom. The van der Waals surface area contributed by atoms with Crippen LogP contribution in [0.4, 0.5) is 10.5 Å². The molecular weight excluding hydrogens is 260 g/mol. The van der Waals surface area contributed by atoms with Crippen LogP contribution >= 0.6 is 0 Å². The highest BCUT2D eigenvalue weighted by molar-refractivity contribution is 5.92. The Labute approximate surface area is 117 Å². The molecular formula is C14H20N2O4. The minimum absolute atomic E-state index is 0.0332. The summed E-state index contributed by atoms with van der Waals surface area (Å²) in [4.78, 5) is 22.7. The molecule has 0 aromatic heterocycles. The molecule has 0 aliphatic rings. The number of para-hydroxylation sites is 1. The molecule has 6 heteroatoms. The summed E-state index contributed by atoms with van der Waals surface area (Å²) >= 11 is 0. The first kappa shape index (κ1) is 16.0. The highest BCUT2D eigenvalue weighted by atomic mass is 16.4. The molecule has 1 rings (SSSR count). The van der Waals surface area contributed by atoms with Crippen molar-refractivity contribution >= 4 is 17.7 Å². The van der Waals surface area contributed by atoms with E-state index in [1.807, 2.05) is 26.0 Å². The van der Waals surface area contributed by atoms with Gasteiger partial charge in [-0.1, -0.05) is 32.0 Å². The van der Waals surface area contributed by atoms with Gasteiger partial charge in [0.05, 0.1) is 0 Å². The Bertz CT molecular complexity index is 474. The average Bonchev–Trinajstić information content (AvgIpc) is 2.38. The SMILES string of the molecule is CC(C)c1ccccc1NC(=O)N[C@H](CCO)C(=O)O. The fourth-order valence-corrected chi connectivity index (χ4v) is 1.82. The number of benzene rings is 1. The molecule has 6 nitrogen and oxygen atoms in total. The van der Waals surface area contributed by atoms with Crippen LogP contribution in [0, 0.1) is 0 Å². The van der Waals surface area contributed by atoms with Crippen molar-refractivity contribution in [3.05, 3.63) is 29.8 Å². The summed E-state index contributed by atoms with van der Waals surface area (Å²) in [6, 6.07) is 5.64. The number of nitrogens with one attached hydrogen (secondary N) is 2. The standard InChI is InChI=1S/C14H20N2O4/c1-9(2)10-5-3-4-6-11(10)15-14(20)16-12(7-8-17)13(18)19/h3-6,9,12,17H,7-8H2,1-2H3,(H,18,19)(H2,15,16,20)/t12-/m1/s1. The first-order chi connectivity index (χ1) is 9.45. The lowest BCUT2D eigenvalue weighted by molar-refractivity contribution is -0.139. The van der Waals surface area contributed by atoms with Crippen LogP contribution in [0.25, 0.3) is 0 Å². The number of aliphatic carboxylic acids is 1. The maximum Gasteiger partial charge on any atom is 0.326 e. The number of carboxylic acid groups (broad SMARTS) is 1. The van der Waals surface area contributed by atoms with Crippen molar-refractivity contribution in [1.82, 2.24) is 5.32 Å². The molecule has 0 saturated heterocycles. The topological polar surface area (TPSA) is 98.7 Å². The lowest BCUT2D eigenvalue weighted by atomic mass is 10.0. The van der Waals surface area contributed by atoms with Crippen molar-refractivity contribution in [2.75, 3.05) is 11.9 Å². The summed E-state index contributed by atoms with van der Waals surface area (Å²) in [6.45, 7) is 3.70. The number of carboxylic acids is 1. The molecule has 0 radical (unpaired) electrons. The van der Waals surface area contributed by atoms with Gasteiger partial charge in [-0.05, 0) is 17.5 Å². The fraction of sp³-hybridized carbons (Fsp3) is 0.429. The Morgan fingerprint density at radius 2 is 1.90 bits per heavy atom. The van der Waals surface area contributed by atoms with Crippen molar-refractivity contribution in [3.8, 4) is 0 Å². The molecule has 20 heavy (non-hydrogen) atoms. The monoisotopic (exact) mass is 280 g/mol. The van der Waals surface area contributed by atoms with Crippen molar-refractivity contribution in [2.24, 2.45) is 0 Å². The summed E-state index contributed by atoms with van der Waals surface area (Å²) in [7, 11) is 0. The van der Waals surface area contributed by atoms with Gasteiger partial charge >= 0.3 is 12.0 Å². The third-order valence-electron chi connectivity index (χ3n) is 2.85. The van der Waals surface area contributed by atoms with Crippen LogP contribution in [0.2, 0.25) is 0 Å². The smallest absolute Gasteiger partial charge is 0.326 e. The zero-order chi connectivity index (χ0) is 15.1. The van der Waals surface area contributed by atoms with E-state index in [9.17, 15) is 9.59 Å². The molecule has 0 heterocycles. The second kappa shape index (κ2) is 7.49. The van der Waals surface area contributed by atoms with E-state index >= 15 is 0 Å². The number of carbonyl (C=O) groups excluding carboxylic acids is 1. The van der Waals surface area contributed by atoms with Gasteiger partial charge in [-0.25, -0.2) is 9.59 Å². The number of carbonyl (C=O) groups is 2. The van der Waals surface area contributed by atoms with Crippen molar-refractivity contribution in [1.29, 1.82) is 0 Å². The minimum Gasteiger partial charge on any atom is -0.480 e. The normalized spacial score (nSPS) is 12.0. The number of amides is 2. The van der Waals surface area contributed by atoms with E-state index < -0.39 is 18.0 Å². The van der Waals surface area contributed by atoms with E-state index in [2.05, 4.69) is 10.6 Å². The predicted molar refractivity (Wildman–Crippen MR) is 75.8 cm³/mol. The van der Waals surface area contributed by atoms with Gasteiger partial charge in [0.1, 0.15) is 6.04 Å². The molecule has 0 aliphatic carbocycles. The van der Waals surface area contributed by atoms with Gasteiger partial charge < -0.3 is 20.8 Å². The zero-order valence-electron chi connectivity index (χ0n) is 11.6. The van der Waals surface area contributed by atoms with E-state index in [1.165, 1.54) is 0 Å². The predicted octanol–water partition coefficient (Wildman–Crippen LogP) is 1.77. The minimum atomic E-state index is -1.17. The second-order valence-electron chi connectivity index (χ2n) is 4.74. The highest BCUT2D eigenvalue weighted by Gasteiger charge is 2.19. The van der Waals surface area contributed by atoms with Gasteiger partial charge in [0.25, 0.3) is 0 Å². The van der Waals surface area contributed by atoms with Crippen LogP contribution in [0.5, 0.6) is 0 Å². The maximum absolute atomic E-state index is 11.8. The maximum atomic E-state index is 11.8. The first-order valence-corrected chi connectivity index (χ1v) is 6.45. The Balaban J connectivity index is 2.73. The van der Waals surface area contributed by atoms with E-state index in [0.29, 0.717) is 5.69 Å². The zero-order valence-corrected chi connectivity index (χ0v) is 11.6. The molecule has 2 amide bonds. The van der Waals surface area contributed by atoms with Crippen molar-refractivity contribution in [2.45, 2.75) is 32.2 Å². The summed E-state index contributed by atoms with van der Waals surface area (Å²) in [6.07, 6.45) is -0.0332. The molecule has 1 aromatic rings. The number of rotatable bonds is 6. The van der Waals surface area contributed by atoms with Gasteiger partial charge in [-0.3, -0.25) is 0 Å². The van der Waals surface area contributed by atoms with E-state index in [4.69, 9.17) is 10.2 Å². The summed E-state index contributed by atoms with van der Waals surface area (Å²) in [5.41, 5.74) is 1.62. The lowest BCUT2D eigenvalue weighted by Gasteiger charge is -2.17. The van der Waals surface area contributed by atoms with Gasteiger partial charge in [0.2, 0.25) is 0 Å². The molecule has 1 aromatic carbocycles. The number of aliphatic hydroxyl groups is 1. The quantitative estimate of drug-likeness (QED) is 0.638. The number of urea groups is 1. The van der Waals surface area contributed by atoms with Crippen LogP contribution in [-0.2, 0) is 4.79 Å². The van der Waals surface area contributed by atoms with E-state index in [0.717, 1.165) is 5.56 Å². The molecule has 4 N–H and O–H groups in total. The number of hydrogen-bond donors (Lipinski definition) is 4. The average molecular weight is 280 g/mol. The molecule has 110 valence electrons. The Morgan fingerprint density at radius 3 is 2.45 bits per heavy atom.